The van der Waals surface area contributed by atoms with Crippen molar-refractivity contribution < 1.29 is 5.11 Å². The number of aliphatic hydroxyl groups is 1. The highest BCUT2D eigenvalue weighted by Crippen LogP contribution is 2.35. The fourth-order valence-corrected chi connectivity index (χ4v) is 3.58. The number of hydrogen-bond acceptors (Lipinski definition) is 3. The Bertz CT molecular complexity index is 732. The van der Waals surface area contributed by atoms with Crippen molar-refractivity contribution in [2.75, 3.05) is 20.6 Å². The van der Waals surface area contributed by atoms with Crippen LogP contribution in [0.4, 0.5) is 0 Å². The highest BCUT2D eigenvalue weighted by Gasteiger charge is 2.11. The van der Waals surface area contributed by atoms with Crippen molar-refractivity contribution in [1.82, 2.24) is 4.90 Å². The predicted octanol–water partition coefficient (Wildman–Crippen LogP) is 4.04. The normalized spacial score (nSPS) is 13.4. The maximum absolute atomic E-state index is 10.3. The fraction of sp³-hybridized carbons (Fsp3) is 0.294. The first-order valence-corrected chi connectivity index (χ1v) is 7.71. The first-order valence-electron chi connectivity index (χ1n) is 6.89. The first-order chi connectivity index (χ1) is 9.65. The van der Waals surface area contributed by atoms with Gasteiger partial charge in [-0.3, -0.25) is 0 Å². The van der Waals surface area contributed by atoms with Crippen LogP contribution >= 0.6 is 11.3 Å². The summed E-state index contributed by atoms with van der Waals surface area (Å²) in [5.41, 5.74) is 1.02. The smallest absolute Gasteiger partial charge is 0.0802 e. The van der Waals surface area contributed by atoms with Gasteiger partial charge >= 0.3 is 0 Å². The SMILES string of the molecule is CN(C)CCC(O)c1ccc2sc3ccccc3c2c1. The molecule has 1 aromatic heterocycles. The van der Waals surface area contributed by atoms with E-state index in [2.05, 4.69) is 47.4 Å². The second-order valence-electron chi connectivity index (χ2n) is 5.46. The number of nitrogens with zero attached hydrogens (tertiary/aromatic N) is 1. The van der Waals surface area contributed by atoms with Crippen molar-refractivity contribution in [3.05, 3.63) is 48.0 Å². The van der Waals surface area contributed by atoms with Crippen LogP contribution in [0.15, 0.2) is 42.5 Å². The van der Waals surface area contributed by atoms with E-state index in [0.717, 1.165) is 18.5 Å². The van der Waals surface area contributed by atoms with Gasteiger partial charge in [0.25, 0.3) is 0 Å². The molecule has 0 amide bonds. The Morgan fingerprint density at radius 2 is 1.80 bits per heavy atom. The van der Waals surface area contributed by atoms with E-state index < -0.39 is 0 Å². The lowest BCUT2D eigenvalue weighted by atomic mass is 10.0. The summed E-state index contributed by atoms with van der Waals surface area (Å²) in [7, 11) is 4.06. The number of thiophene rings is 1. The molecule has 0 radical (unpaired) electrons. The van der Waals surface area contributed by atoms with Crippen LogP contribution in [0.25, 0.3) is 20.2 Å². The lowest BCUT2D eigenvalue weighted by Gasteiger charge is -2.14. The zero-order valence-corrected chi connectivity index (χ0v) is 12.7. The summed E-state index contributed by atoms with van der Waals surface area (Å²) >= 11 is 1.81. The minimum Gasteiger partial charge on any atom is -0.388 e. The van der Waals surface area contributed by atoms with Gasteiger partial charge in [-0.25, -0.2) is 0 Å². The summed E-state index contributed by atoms with van der Waals surface area (Å²) < 4.78 is 2.59. The molecule has 104 valence electrons. The molecule has 0 bridgehead atoms. The summed E-state index contributed by atoms with van der Waals surface area (Å²) in [6.45, 7) is 0.892. The van der Waals surface area contributed by atoms with Gasteiger partial charge in [-0.05, 0) is 44.3 Å². The third kappa shape index (κ3) is 2.57. The highest BCUT2D eigenvalue weighted by molar-refractivity contribution is 7.25. The Hall–Kier alpha value is -1.42. The molecule has 3 aromatic rings. The summed E-state index contributed by atoms with van der Waals surface area (Å²) in [4.78, 5) is 2.10. The Morgan fingerprint density at radius 1 is 1.05 bits per heavy atom. The van der Waals surface area contributed by atoms with E-state index in [-0.39, 0.29) is 6.10 Å². The van der Waals surface area contributed by atoms with Crippen molar-refractivity contribution in [1.29, 1.82) is 0 Å². The van der Waals surface area contributed by atoms with Crippen molar-refractivity contribution in [2.45, 2.75) is 12.5 Å². The molecule has 3 rings (SSSR count). The molecule has 2 aromatic carbocycles. The average molecular weight is 285 g/mol. The van der Waals surface area contributed by atoms with E-state index in [0.29, 0.717) is 0 Å². The van der Waals surface area contributed by atoms with Crippen LogP contribution < -0.4 is 0 Å². The van der Waals surface area contributed by atoms with Crippen LogP contribution in [-0.2, 0) is 0 Å². The molecule has 20 heavy (non-hydrogen) atoms. The number of fused-ring (bicyclic) bond motifs is 3. The van der Waals surface area contributed by atoms with Gasteiger partial charge in [0.2, 0.25) is 0 Å². The Morgan fingerprint density at radius 3 is 2.60 bits per heavy atom. The molecule has 0 spiro atoms. The summed E-state index contributed by atoms with van der Waals surface area (Å²) in [5, 5.41) is 12.9. The molecule has 2 nitrogen and oxygen atoms in total. The highest BCUT2D eigenvalue weighted by atomic mass is 32.1. The molecule has 0 aliphatic rings. The maximum atomic E-state index is 10.3. The van der Waals surface area contributed by atoms with Gasteiger partial charge in [0.05, 0.1) is 6.10 Å². The van der Waals surface area contributed by atoms with Crippen LogP contribution in [0.5, 0.6) is 0 Å². The predicted molar refractivity (Wildman–Crippen MR) is 87.5 cm³/mol. The molecule has 1 unspecified atom stereocenters. The van der Waals surface area contributed by atoms with Crippen LogP contribution in [0.1, 0.15) is 18.1 Å². The third-order valence-corrected chi connectivity index (χ3v) is 4.79. The quantitative estimate of drug-likeness (QED) is 0.782. The fourth-order valence-electron chi connectivity index (χ4n) is 2.50. The van der Waals surface area contributed by atoms with Gasteiger partial charge in [-0.2, -0.15) is 0 Å². The van der Waals surface area contributed by atoms with Gasteiger partial charge in [0, 0.05) is 26.7 Å². The van der Waals surface area contributed by atoms with Crippen molar-refractivity contribution in [3.63, 3.8) is 0 Å². The van der Waals surface area contributed by atoms with E-state index in [1.54, 1.807) is 0 Å². The second kappa shape index (κ2) is 5.52. The van der Waals surface area contributed by atoms with Crippen molar-refractivity contribution in [3.8, 4) is 0 Å². The first kappa shape index (κ1) is 13.6. The van der Waals surface area contributed by atoms with Crippen LogP contribution in [-0.4, -0.2) is 30.6 Å². The van der Waals surface area contributed by atoms with Gasteiger partial charge < -0.3 is 10.0 Å². The molecule has 3 heteroatoms. The van der Waals surface area contributed by atoms with E-state index >= 15 is 0 Å². The number of hydrogen-bond donors (Lipinski definition) is 1. The van der Waals surface area contributed by atoms with Crippen LogP contribution in [0, 0.1) is 0 Å². The van der Waals surface area contributed by atoms with Gasteiger partial charge in [-0.15, -0.1) is 11.3 Å². The topological polar surface area (TPSA) is 23.5 Å². The van der Waals surface area contributed by atoms with E-state index in [1.165, 1.54) is 20.2 Å². The van der Waals surface area contributed by atoms with Crippen molar-refractivity contribution in [2.24, 2.45) is 0 Å². The third-order valence-electron chi connectivity index (χ3n) is 3.64. The molecular weight excluding hydrogens is 266 g/mol. The van der Waals surface area contributed by atoms with Crippen LogP contribution in [0.2, 0.25) is 0 Å². The Kier molecular flexibility index (Phi) is 3.74. The van der Waals surface area contributed by atoms with Gasteiger partial charge in [-0.1, -0.05) is 24.3 Å². The minimum atomic E-state index is -0.388. The lowest BCUT2D eigenvalue weighted by Crippen LogP contribution is -2.15. The van der Waals surface area contributed by atoms with Gasteiger partial charge in [0.15, 0.2) is 0 Å². The number of aliphatic hydroxyl groups excluding tert-OH is 1. The van der Waals surface area contributed by atoms with E-state index in [1.807, 2.05) is 25.4 Å². The molecule has 1 heterocycles. The Labute approximate surface area is 123 Å². The number of rotatable bonds is 4. The standard InChI is InChI=1S/C17H19NOS/c1-18(2)10-9-15(19)12-7-8-17-14(11-12)13-5-3-4-6-16(13)20-17/h3-8,11,15,19H,9-10H2,1-2H3. The van der Waals surface area contributed by atoms with E-state index in [9.17, 15) is 5.11 Å². The molecule has 1 N–H and O–H groups in total. The molecule has 0 aliphatic heterocycles. The molecule has 0 fully saturated rings. The minimum absolute atomic E-state index is 0.388. The van der Waals surface area contributed by atoms with E-state index in [4.69, 9.17) is 0 Å². The zero-order valence-electron chi connectivity index (χ0n) is 11.8. The molecule has 1 atom stereocenters. The summed E-state index contributed by atoms with van der Waals surface area (Å²) in [6.07, 6.45) is 0.376. The second-order valence-corrected chi connectivity index (χ2v) is 6.55. The largest absolute Gasteiger partial charge is 0.388 e. The maximum Gasteiger partial charge on any atom is 0.0802 e. The average Bonchev–Trinajstić information content (AvgIpc) is 2.82. The molecule has 0 aliphatic carbocycles. The Balaban J connectivity index is 1.99. The zero-order chi connectivity index (χ0) is 14.1. The van der Waals surface area contributed by atoms with Gasteiger partial charge in [0.1, 0.15) is 0 Å². The van der Waals surface area contributed by atoms with Crippen molar-refractivity contribution >= 4 is 31.5 Å². The monoisotopic (exact) mass is 285 g/mol. The lowest BCUT2D eigenvalue weighted by molar-refractivity contribution is 0.154. The van der Waals surface area contributed by atoms with Crippen LogP contribution in [0.3, 0.4) is 0 Å². The summed E-state index contributed by atoms with van der Waals surface area (Å²) in [5.74, 6) is 0. The molecule has 0 saturated carbocycles. The molecule has 0 saturated heterocycles. The summed E-state index contributed by atoms with van der Waals surface area (Å²) in [6, 6.07) is 14.8. The number of benzene rings is 2. The molecular formula is C17H19NOS.